The molecule has 0 unspecified atom stereocenters. The minimum Gasteiger partial charge on any atom is -0.350 e. The van der Waals surface area contributed by atoms with E-state index in [-0.39, 0.29) is 31.0 Å². The fourth-order valence-corrected chi connectivity index (χ4v) is 3.32. The Morgan fingerprint density at radius 2 is 1.67 bits per heavy atom. The van der Waals surface area contributed by atoms with Crippen molar-refractivity contribution in [2.45, 2.75) is 19.2 Å². The second-order valence-electron chi connectivity index (χ2n) is 6.61. The zero-order chi connectivity index (χ0) is 22.1. The Morgan fingerprint density at radius 1 is 0.967 bits per heavy atom. The molecule has 0 fully saturated rings. The van der Waals surface area contributed by atoms with E-state index in [1.807, 2.05) is 0 Å². The molecule has 2 rings (SSSR count). The number of nitrogens with one attached hydrogen (secondary N) is 4. The number of carbonyl (C=O) groups is 2. The highest BCUT2D eigenvalue weighted by Crippen LogP contribution is 2.09. The van der Waals surface area contributed by atoms with Crippen molar-refractivity contribution >= 4 is 22.0 Å². The number of amides is 3. The van der Waals surface area contributed by atoms with E-state index < -0.39 is 27.8 Å². The molecule has 0 aliphatic heterocycles. The first-order valence-electron chi connectivity index (χ1n) is 9.25. The maximum absolute atomic E-state index is 13.5. The van der Waals surface area contributed by atoms with Crippen molar-refractivity contribution in [2.75, 3.05) is 20.1 Å². The summed E-state index contributed by atoms with van der Waals surface area (Å²) in [6, 6.07) is 10.7. The van der Waals surface area contributed by atoms with Crippen LogP contribution in [0.15, 0.2) is 42.5 Å². The Kier molecular flexibility index (Phi) is 8.31. The van der Waals surface area contributed by atoms with Crippen molar-refractivity contribution < 1.29 is 22.4 Å². The fraction of sp³-hybridized carbons (Fsp3) is 0.300. The van der Waals surface area contributed by atoms with Gasteiger partial charge in [-0.25, -0.2) is 22.3 Å². The van der Waals surface area contributed by atoms with Crippen LogP contribution in [-0.2, 0) is 22.3 Å². The van der Waals surface area contributed by atoms with Crippen LogP contribution in [0.3, 0.4) is 0 Å². The summed E-state index contributed by atoms with van der Waals surface area (Å²) in [6.07, 6.45) is 0. The number of hydrogen-bond donors (Lipinski definition) is 4. The van der Waals surface area contributed by atoms with Gasteiger partial charge in [-0.3, -0.25) is 4.79 Å². The summed E-state index contributed by atoms with van der Waals surface area (Å²) in [5.41, 5.74) is 2.03. The minimum absolute atomic E-state index is 0.145. The van der Waals surface area contributed by atoms with E-state index in [1.54, 1.807) is 31.2 Å². The van der Waals surface area contributed by atoms with Crippen LogP contribution in [0.1, 0.15) is 27.0 Å². The van der Waals surface area contributed by atoms with E-state index in [4.69, 9.17) is 0 Å². The van der Waals surface area contributed by atoms with Gasteiger partial charge in [-0.1, -0.05) is 30.3 Å². The lowest BCUT2D eigenvalue weighted by molar-refractivity contribution is 0.0953. The van der Waals surface area contributed by atoms with Crippen LogP contribution in [-0.4, -0.2) is 40.5 Å². The van der Waals surface area contributed by atoms with E-state index in [9.17, 15) is 22.4 Å². The van der Waals surface area contributed by atoms with Crippen molar-refractivity contribution in [3.8, 4) is 0 Å². The second kappa shape index (κ2) is 10.7. The number of benzene rings is 2. The molecule has 8 nitrogen and oxygen atoms in total. The summed E-state index contributed by atoms with van der Waals surface area (Å²) in [4.78, 5) is 23.8. The van der Waals surface area contributed by atoms with Gasteiger partial charge in [0.2, 0.25) is 10.0 Å². The third-order valence-corrected chi connectivity index (χ3v) is 5.58. The number of hydrogen-bond acceptors (Lipinski definition) is 4. The first kappa shape index (κ1) is 23.3. The van der Waals surface area contributed by atoms with Gasteiger partial charge in [0.05, 0.1) is 5.75 Å². The largest absolute Gasteiger partial charge is 0.350 e. The van der Waals surface area contributed by atoms with Crippen molar-refractivity contribution in [1.82, 2.24) is 20.7 Å². The highest BCUT2D eigenvalue weighted by molar-refractivity contribution is 7.88. The Labute approximate surface area is 175 Å². The average molecular weight is 437 g/mol. The molecule has 0 aromatic heterocycles. The van der Waals surface area contributed by atoms with Crippen LogP contribution < -0.4 is 20.7 Å². The first-order chi connectivity index (χ1) is 14.2. The monoisotopic (exact) mass is 436 g/mol. The zero-order valence-electron chi connectivity index (χ0n) is 16.8. The lowest BCUT2D eigenvalue weighted by Crippen LogP contribution is -2.40. The molecule has 0 bridgehead atoms. The van der Waals surface area contributed by atoms with Crippen molar-refractivity contribution in [3.63, 3.8) is 0 Å². The van der Waals surface area contributed by atoms with Crippen LogP contribution in [0.5, 0.6) is 0 Å². The molecule has 4 N–H and O–H groups in total. The van der Waals surface area contributed by atoms with Gasteiger partial charge in [0.15, 0.2) is 0 Å². The van der Waals surface area contributed by atoms with E-state index >= 15 is 0 Å². The summed E-state index contributed by atoms with van der Waals surface area (Å²) in [5.74, 6) is -1.02. The lowest BCUT2D eigenvalue weighted by atomic mass is 10.1. The molecule has 0 heterocycles. The summed E-state index contributed by atoms with van der Waals surface area (Å²) in [7, 11) is -2.02. The highest BCUT2D eigenvalue weighted by atomic mass is 32.2. The third kappa shape index (κ3) is 7.45. The molecule has 0 atom stereocenters. The quantitative estimate of drug-likeness (QED) is 0.445. The SMILES string of the molecule is CNS(=O)(=O)Cc1cccc(CNC(=O)NCCNC(=O)c2ccc(C)c(F)c2)c1. The Morgan fingerprint density at radius 3 is 2.37 bits per heavy atom. The molecule has 0 aliphatic rings. The molecule has 0 saturated heterocycles. The highest BCUT2D eigenvalue weighted by Gasteiger charge is 2.10. The van der Waals surface area contributed by atoms with Gasteiger partial charge >= 0.3 is 6.03 Å². The topological polar surface area (TPSA) is 116 Å². The first-order valence-corrected chi connectivity index (χ1v) is 10.9. The number of sulfonamides is 1. The van der Waals surface area contributed by atoms with Crippen molar-refractivity contribution in [3.05, 3.63) is 70.5 Å². The maximum Gasteiger partial charge on any atom is 0.315 e. The number of aryl methyl sites for hydroxylation is 1. The zero-order valence-corrected chi connectivity index (χ0v) is 17.6. The molecule has 162 valence electrons. The summed E-state index contributed by atoms with van der Waals surface area (Å²) in [6.45, 7) is 2.19. The molecule has 2 aromatic rings. The van der Waals surface area contributed by atoms with Gasteiger partial charge in [0.25, 0.3) is 5.91 Å². The van der Waals surface area contributed by atoms with Crippen molar-refractivity contribution in [2.24, 2.45) is 0 Å². The van der Waals surface area contributed by atoms with Gasteiger partial charge in [0, 0.05) is 25.2 Å². The summed E-state index contributed by atoms with van der Waals surface area (Å²) < 4.78 is 39.0. The molecule has 0 saturated carbocycles. The van der Waals surface area contributed by atoms with E-state index in [0.29, 0.717) is 11.1 Å². The van der Waals surface area contributed by atoms with Gasteiger partial charge in [-0.05, 0) is 42.8 Å². The Hall–Kier alpha value is -2.98. The average Bonchev–Trinajstić information content (AvgIpc) is 2.71. The summed E-state index contributed by atoms with van der Waals surface area (Å²) in [5, 5.41) is 7.86. The molecule has 3 amide bonds. The molecule has 30 heavy (non-hydrogen) atoms. The number of urea groups is 1. The molecular weight excluding hydrogens is 411 g/mol. The Balaban J connectivity index is 1.72. The molecule has 0 spiro atoms. The molecule has 0 radical (unpaired) electrons. The van der Waals surface area contributed by atoms with Crippen LogP contribution in [0, 0.1) is 12.7 Å². The van der Waals surface area contributed by atoms with E-state index in [2.05, 4.69) is 20.7 Å². The predicted octanol–water partition coefficient (Wildman–Crippen LogP) is 1.41. The number of carbonyl (C=O) groups excluding carboxylic acids is 2. The third-order valence-electron chi connectivity index (χ3n) is 4.24. The van der Waals surface area contributed by atoms with E-state index in [0.717, 1.165) is 5.56 Å². The fourth-order valence-electron chi connectivity index (χ4n) is 2.55. The smallest absolute Gasteiger partial charge is 0.315 e. The van der Waals surface area contributed by atoms with Crippen LogP contribution in [0.25, 0.3) is 0 Å². The molecule has 2 aromatic carbocycles. The van der Waals surface area contributed by atoms with Crippen molar-refractivity contribution in [1.29, 1.82) is 0 Å². The normalized spacial score (nSPS) is 11.0. The maximum atomic E-state index is 13.5. The van der Waals surface area contributed by atoms with Crippen LogP contribution in [0.2, 0.25) is 0 Å². The molecule has 0 aliphatic carbocycles. The lowest BCUT2D eigenvalue weighted by Gasteiger charge is -2.10. The van der Waals surface area contributed by atoms with Gasteiger partial charge < -0.3 is 16.0 Å². The minimum atomic E-state index is -3.37. The van der Waals surface area contributed by atoms with Gasteiger partial charge in [0.1, 0.15) is 5.82 Å². The molecular formula is C20H25FN4O4S. The standard InChI is InChI=1S/C20H25FN4O4S/c1-14-6-7-17(11-18(14)21)19(26)23-8-9-24-20(27)25-12-15-4-3-5-16(10-15)13-30(28,29)22-2/h3-7,10-11,22H,8-9,12-13H2,1-2H3,(H,23,26)(H2,24,25,27). The second-order valence-corrected chi connectivity index (χ2v) is 8.54. The predicted molar refractivity (Wildman–Crippen MR) is 112 cm³/mol. The number of rotatable bonds is 9. The Bertz CT molecular complexity index is 1010. The van der Waals surface area contributed by atoms with Gasteiger partial charge in [-0.15, -0.1) is 0 Å². The van der Waals surface area contributed by atoms with E-state index in [1.165, 1.54) is 25.2 Å². The summed E-state index contributed by atoms with van der Waals surface area (Å²) >= 11 is 0. The van der Waals surface area contributed by atoms with Crippen LogP contribution in [0.4, 0.5) is 9.18 Å². The molecule has 10 heteroatoms. The number of halogens is 1. The van der Waals surface area contributed by atoms with Crippen LogP contribution >= 0.6 is 0 Å². The van der Waals surface area contributed by atoms with Gasteiger partial charge in [-0.2, -0.15) is 0 Å².